The average Bonchev–Trinajstić information content (AvgIpc) is 1.84. The summed E-state index contributed by atoms with van der Waals surface area (Å²) in [7, 11) is -2.29. The van der Waals surface area contributed by atoms with Gasteiger partial charge in [-0.15, -0.1) is 0 Å². The SMILES string of the molecule is O[P]1(O)CCCC1. The molecule has 1 rings (SSSR count). The Morgan fingerprint density at radius 1 is 1.00 bits per heavy atom. The van der Waals surface area contributed by atoms with Gasteiger partial charge in [0.05, 0.1) is 7.72 Å². The first-order chi connectivity index (χ1) is 3.21. The highest BCUT2D eigenvalue weighted by Crippen LogP contribution is 2.55. The summed E-state index contributed by atoms with van der Waals surface area (Å²) in [5.74, 6) is 0. The van der Waals surface area contributed by atoms with Crippen LogP contribution in [-0.4, -0.2) is 22.1 Å². The number of rotatable bonds is 0. The molecule has 0 spiro atoms. The van der Waals surface area contributed by atoms with E-state index >= 15 is 0 Å². The van der Waals surface area contributed by atoms with Gasteiger partial charge in [-0.3, -0.25) is 0 Å². The van der Waals surface area contributed by atoms with Crippen LogP contribution in [0.3, 0.4) is 0 Å². The predicted octanol–water partition coefficient (Wildman–Crippen LogP) is 0.612. The molecule has 0 atom stereocenters. The molecule has 0 amide bonds. The van der Waals surface area contributed by atoms with E-state index in [4.69, 9.17) is 9.79 Å². The van der Waals surface area contributed by atoms with Crippen LogP contribution in [0, 0.1) is 0 Å². The lowest BCUT2D eigenvalue weighted by atomic mass is 10.4. The van der Waals surface area contributed by atoms with Crippen LogP contribution >= 0.6 is 7.72 Å². The van der Waals surface area contributed by atoms with Gasteiger partial charge in [0.2, 0.25) is 0 Å². The molecule has 1 radical (unpaired) electrons. The summed E-state index contributed by atoms with van der Waals surface area (Å²) < 4.78 is 0. The molecule has 1 fully saturated rings. The lowest BCUT2D eigenvalue weighted by molar-refractivity contribution is 0.458. The van der Waals surface area contributed by atoms with Crippen LogP contribution in [0.5, 0.6) is 0 Å². The second-order valence-electron chi connectivity index (χ2n) is 2.03. The van der Waals surface area contributed by atoms with Crippen molar-refractivity contribution in [2.45, 2.75) is 12.8 Å². The van der Waals surface area contributed by atoms with E-state index in [1.165, 1.54) is 0 Å². The Hall–Kier alpha value is 0.350. The molecular formula is C4H10O2P. The zero-order valence-corrected chi connectivity index (χ0v) is 5.06. The third kappa shape index (κ3) is 1.37. The summed E-state index contributed by atoms with van der Waals surface area (Å²) in [6.45, 7) is 0. The van der Waals surface area contributed by atoms with E-state index in [-0.39, 0.29) is 0 Å². The monoisotopic (exact) mass is 121 g/mol. The van der Waals surface area contributed by atoms with Crippen molar-refractivity contribution in [2.75, 3.05) is 12.3 Å². The second-order valence-corrected chi connectivity index (χ2v) is 4.68. The molecule has 1 aliphatic rings. The third-order valence-corrected chi connectivity index (χ3v) is 3.35. The van der Waals surface area contributed by atoms with Crippen molar-refractivity contribution in [3.05, 3.63) is 0 Å². The van der Waals surface area contributed by atoms with Crippen LogP contribution in [0.25, 0.3) is 0 Å². The summed E-state index contributed by atoms with van der Waals surface area (Å²) >= 11 is 0. The molecule has 0 aliphatic carbocycles. The van der Waals surface area contributed by atoms with Crippen LogP contribution in [0.1, 0.15) is 12.8 Å². The Morgan fingerprint density at radius 2 is 1.43 bits per heavy atom. The highest BCUT2D eigenvalue weighted by Gasteiger charge is 2.24. The standard InChI is InChI=1S/C4H10O2P/c5-7(6)3-1-2-4-7/h5-6H,1-4H2. The highest BCUT2D eigenvalue weighted by molar-refractivity contribution is 7.64. The minimum Gasteiger partial charge on any atom is -0.356 e. The molecule has 1 saturated heterocycles. The van der Waals surface area contributed by atoms with Gasteiger partial charge < -0.3 is 9.79 Å². The van der Waals surface area contributed by atoms with Gasteiger partial charge in [-0.1, -0.05) is 0 Å². The zero-order chi connectivity index (χ0) is 5.33. The normalized spacial score (nSPS) is 28.3. The lowest BCUT2D eigenvalue weighted by Crippen LogP contribution is -1.88. The Morgan fingerprint density at radius 3 is 1.57 bits per heavy atom. The molecule has 0 bridgehead atoms. The summed E-state index contributed by atoms with van der Waals surface area (Å²) in [6, 6.07) is 0. The molecule has 1 heterocycles. The molecular weight excluding hydrogens is 111 g/mol. The zero-order valence-electron chi connectivity index (χ0n) is 4.17. The molecule has 7 heavy (non-hydrogen) atoms. The molecule has 0 unspecified atom stereocenters. The number of hydrogen-bond donors (Lipinski definition) is 2. The lowest BCUT2D eigenvalue weighted by Gasteiger charge is -2.13. The van der Waals surface area contributed by atoms with Crippen molar-refractivity contribution >= 4 is 7.72 Å². The highest BCUT2D eigenvalue weighted by atomic mass is 31.2. The fraction of sp³-hybridized carbons (Fsp3) is 1.00. The van der Waals surface area contributed by atoms with Crippen molar-refractivity contribution in [3.8, 4) is 0 Å². The van der Waals surface area contributed by atoms with Crippen LogP contribution in [0.15, 0.2) is 0 Å². The van der Waals surface area contributed by atoms with Crippen LogP contribution < -0.4 is 0 Å². The minimum absolute atomic E-state index is 0.674. The van der Waals surface area contributed by atoms with E-state index in [9.17, 15) is 0 Å². The molecule has 0 saturated carbocycles. The summed E-state index contributed by atoms with van der Waals surface area (Å²) in [5, 5.41) is 0. The average molecular weight is 121 g/mol. The molecule has 2 N–H and O–H groups in total. The fourth-order valence-electron chi connectivity index (χ4n) is 0.842. The van der Waals surface area contributed by atoms with Gasteiger partial charge in [-0.2, -0.15) is 0 Å². The van der Waals surface area contributed by atoms with E-state index in [1.807, 2.05) is 0 Å². The molecule has 1 aliphatic heterocycles. The smallest absolute Gasteiger partial charge is 0.0958 e. The van der Waals surface area contributed by atoms with Gasteiger partial charge in [-0.05, 0) is 12.8 Å². The second kappa shape index (κ2) is 1.70. The largest absolute Gasteiger partial charge is 0.356 e. The topological polar surface area (TPSA) is 40.5 Å². The van der Waals surface area contributed by atoms with E-state index in [0.717, 1.165) is 12.8 Å². The molecule has 3 heteroatoms. The van der Waals surface area contributed by atoms with Crippen LogP contribution in [-0.2, 0) is 0 Å². The molecule has 2 nitrogen and oxygen atoms in total. The maximum Gasteiger partial charge on any atom is 0.0958 e. The Bertz CT molecular complexity index is 64.1. The van der Waals surface area contributed by atoms with Gasteiger partial charge in [0.1, 0.15) is 0 Å². The van der Waals surface area contributed by atoms with E-state index < -0.39 is 7.72 Å². The van der Waals surface area contributed by atoms with Gasteiger partial charge in [0, 0.05) is 12.3 Å². The Kier molecular flexibility index (Phi) is 1.33. The maximum absolute atomic E-state index is 8.86. The molecule has 0 aromatic carbocycles. The van der Waals surface area contributed by atoms with Crippen molar-refractivity contribution in [1.82, 2.24) is 0 Å². The summed E-state index contributed by atoms with van der Waals surface area (Å²) in [5.41, 5.74) is 0. The summed E-state index contributed by atoms with van der Waals surface area (Å²) in [4.78, 5) is 17.7. The molecule has 0 aromatic heterocycles. The fourth-order valence-corrected chi connectivity index (χ4v) is 2.53. The third-order valence-electron chi connectivity index (χ3n) is 1.28. The summed E-state index contributed by atoms with van der Waals surface area (Å²) in [6.07, 6.45) is 3.38. The van der Waals surface area contributed by atoms with Crippen molar-refractivity contribution in [2.24, 2.45) is 0 Å². The van der Waals surface area contributed by atoms with Crippen molar-refractivity contribution < 1.29 is 9.79 Å². The van der Waals surface area contributed by atoms with E-state index in [0.29, 0.717) is 12.3 Å². The molecule has 0 aromatic rings. The maximum atomic E-state index is 8.86. The van der Waals surface area contributed by atoms with Gasteiger partial charge in [-0.25, -0.2) is 0 Å². The van der Waals surface area contributed by atoms with E-state index in [2.05, 4.69) is 0 Å². The van der Waals surface area contributed by atoms with Crippen LogP contribution in [0.4, 0.5) is 0 Å². The first kappa shape index (κ1) is 5.49. The minimum atomic E-state index is -2.29. The quantitative estimate of drug-likeness (QED) is 0.461. The van der Waals surface area contributed by atoms with Gasteiger partial charge in [0.15, 0.2) is 0 Å². The van der Waals surface area contributed by atoms with Crippen molar-refractivity contribution in [1.29, 1.82) is 0 Å². The van der Waals surface area contributed by atoms with Gasteiger partial charge >= 0.3 is 0 Å². The number of hydrogen-bond acceptors (Lipinski definition) is 2. The Balaban J connectivity index is 2.40. The first-order valence-electron chi connectivity index (χ1n) is 2.53. The van der Waals surface area contributed by atoms with Crippen LogP contribution in [0.2, 0.25) is 0 Å². The van der Waals surface area contributed by atoms with Gasteiger partial charge in [0.25, 0.3) is 0 Å². The molecule has 43 valence electrons. The first-order valence-corrected chi connectivity index (χ1v) is 4.60. The predicted molar refractivity (Wildman–Crippen MR) is 30.3 cm³/mol. The Labute approximate surface area is 43.7 Å². The van der Waals surface area contributed by atoms with Crippen molar-refractivity contribution in [3.63, 3.8) is 0 Å². The van der Waals surface area contributed by atoms with E-state index in [1.54, 1.807) is 0 Å².